The van der Waals surface area contributed by atoms with Crippen LogP contribution in [0.3, 0.4) is 0 Å². The first-order valence-corrected chi connectivity index (χ1v) is 8.16. The summed E-state index contributed by atoms with van der Waals surface area (Å²) in [5.74, 6) is 6.36. The van der Waals surface area contributed by atoms with Gasteiger partial charge < -0.3 is 4.42 Å². The summed E-state index contributed by atoms with van der Waals surface area (Å²) in [4.78, 5) is 11.9. The van der Waals surface area contributed by atoms with Crippen molar-refractivity contribution in [2.75, 3.05) is 5.75 Å². The summed E-state index contributed by atoms with van der Waals surface area (Å²) in [6.07, 6.45) is 3.30. The van der Waals surface area contributed by atoms with Crippen molar-refractivity contribution in [2.24, 2.45) is 5.84 Å². The van der Waals surface area contributed by atoms with Gasteiger partial charge in [0.2, 0.25) is 5.91 Å². The van der Waals surface area contributed by atoms with Gasteiger partial charge in [-0.3, -0.25) is 10.2 Å². The molecule has 0 atom stereocenters. The summed E-state index contributed by atoms with van der Waals surface area (Å²) >= 11 is 3.12. The number of hydrazine groups is 1. The number of unbranched alkanes of at least 4 members (excludes halogenated alkanes) is 2. The van der Waals surface area contributed by atoms with Crippen LogP contribution in [-0.4, -0.2) is 21.9 Å². The molecule has 2 aromatic rings. The summed E-state index contributed by atoms with van der Waals surface area (Å²) in [6, 6.07) is 3.91. The molecular formula is C12H16N4O2S2. The van der Waals surface area contributed by atoms with Gasteiger partial charge in [-0.2, -0.15) is 0 Å². The van der Waals surface area contributed by atoms with Gasteiger partial charge in [0.1, 0.15) is 0 Å². The van der Waals surface area contributed by atoms with Gasteiger partial charge in [0, 0.05) is 12.2 Å². The molecule has 0 saturated carbocycles. The highest BCUT2D eigenvalue weighted by Crippen LogP contribution is 2.26. The zero-order valence-corrected chi connectivity index (χ0v) is 12.5. The first-order valence-electron chi connectivity index (χ1n) is 6.29. The second-order valence-electron chi connectivity index (χ2n) is 4.08. The van der Waals surface area contributed by atoms with Crippen LogP contribution in [0.4, 0.5) is 0 Å². The highest BCUT2D eigenvalue weighted by molar-refractivity contribution is 7.99. The molecule has 3 N–H and O–H groups in total. The molecule has 0 aliphatic heterocycles. The van der Waals surface area contributed by atoms with E-state index in [1.807, 2.05) is 17.5 Å². The zero-order chi connectivity index (χ0) is 14.2. The smallest absolute Gasteiger partial charge is 0.276 e. The van der Waals surface area contributed by atoms with E-state index in [4.69, 9.17) is 10.3 Å². The molecule has 0 aliphatic carbocycles. The molecule has 2 aromatic heterocycles. The molecule has 108 valence electrons. The van der Waals surface area contributed by atoms with Crippen LogP contribution < -0.4 is 11.3 Å². The van der Waals surface area contributed by atoms with Crippen molar-refractivity contribution in [3.63, 3.8) is 0 Å². The van der Waals surface area contributed by atoms with Gasteiger partial charge in [-0.05, 0) is 24.3 Å². The number of aromatic nitrogens is 2. The Morgan fingerprint density at radius 1 is 1.40 bits per heavy atom. The van der Waals surface area contributed by atoms with Crippen LogP contribution in [0.25, 0.3) is 10.8 Å². The average molecular weight is 312 g/mol. The maximum absolute atomic E-state index is 10.9. The van der Waals surface area contributed by atoms with E-state index in [9.17, 15) is 4.79 Å². The molecule has 8 heteroatoms. The highest BCUT2D eigenvalue weighted by atomic mass is 32.2. The van der Waals surface area contributed by atoms with Gasteiger partial charge in [-0.15, -0.1) is 21.5 Å². The molecule has 0 aromatic carbocycles. The number of nitrogens with zero attached hydrogens (tertiary/aromatic N) is 2. The number of nitrogens with one attached hydrogen (secondary N) is 1. The van der Waals surface area contributed by atoms with Crippen molar-refractivity contribution < 1.29 is 9.21 Å². The van der Waals surface area contributed by atoms with Gasteiger partial charge in [0.15, 0.2) is 0 Å². The molecule has 2 heterocycles. The second kappa shape index (κ2) is 8.03. The maximum Gasteiger partial charge on any atom is 0.276 e. The third-order valence-corrected chi connectivity index (χ3v) is 4.34. The van der Waals surface area contributed by atoms with Crippen LogP contribution in [0.2, 0.25) is 0 Å². The Hall–Kier alpha value is -1.38. The normalized spacial score (nSPS) is 10.7. The van der Waals surface area contributed by atoms with Crippen molar-refractivity contribution in [1.29, 1.82) is 0 Å². The quantitative estimate of drug-likeness (QED) is 0.256. The lowest BCUT2D eigenvalue weighted by molar-refractivity contribution is -0.121. The standard InChI is InChI=1S/C12H16N4O2S2/c13-14-10(17)6-2-1-3-7-20-12-16-15-11(18-12)9-5-4-8-19-9/h4-5,8H,1-3,6-7,13H2,(H,14,17). The van der Waals surface area contributed by atoms with Gasteiger partial charge >= 0.3 is 0 Å². The van der Waals surface area contributed by atoms with Crippen LogP contribution in [0.15, 0.2) is 27.2 Å². The fourth-order valence-corrected chi connectivity index (χ4v) is 2.97. The highest BCUT2D eigenvalue weighted by Gasteiger charge is 2.09. The van der Waals surface area contributed by atoms with Crippen LogP contribution in [-0.2, 0) is 4.79 Å². The summed E-state index contributed by atoms with van der Waals surface area (Å²) in [5.41, 5.74) is 2.12. The van der Waals surface area contributed by atoms with Gasteiger partial charge in [-0.25, -0.2) is 5.84 Å². The van der Waals surface area contributed by atoms with Gasteiger partial charge in [-0.1, -0.05) is 24.2 Å². The predicted molar refractivity (Wildman–Crippen MR) is 79.1 cm³/mol. The second-order valence-corrected chi connectivity index (χ2v) is 6.07. The van der Waals surface area contributed by atoms with Crippen molar-refractivity contribution >= 4 is 29.0 Å². The minimum absolute atomic E-state index is 0.116. The lowest BCUT2D eigenvalue weighted by atomic mass is 10.2. The van der Waals surface area contributed by atoms with Crippen LogP contribution in [0.1, 0.15) is 25.7 Å². The number of carbonyl (C=O) groups excluding carboxylic acids is 1. The number of rotatable bonds is 8. The third-order valence-electron chi connectivity index (χ3n) is 2.57. The molecule has 1 amide bonds. The van der Waals surface area contributed by atoms with Crippen LogP contribution >= 0.6 is 23.1 Å². The van der Waals surface area contributed by atoms with E-state index in [1.165, 1.54) is 0 Å². The minimum Gasteiger partial charge on any atom is -0.410 e. The summed E-state index contributed by atoms with van der Waals surface area (Å²) in [7, 11) is 0. The van der Waals surface area contributed by atoms with E-state index in [-0.39, 0.29) is 5.91 Å². The van der Waals surface area contributed by atoms with Crippen molar-refractivity contribution in [1.82, 2.24) is 15.6 Å². The summed E-state index contributed by atoms with van der Waals surface area (Å²) in [5, 5.41) is 10.6. The lowest BCUT2D eigenvalue weighted by Crippen LogP contribution is -2.29. The van der Waals surface area contributed by atoms with Crippen LogP contribution in [0, 0.1) is 0 Å². The Kier molecular flexibility index (Phi) is 6.03. The number of amides is 1. The summed E-state index contributed by atoms with van der Waals surface area (Å²) in [6.45, 7) is 0. The van der Waals surface area contributed by atoms with Crippen molar-refractivity contribution in [3.8, 4) is 10.8 Å². The maximum atomic E-state index is 10.9. The van der Waals surface area contributed by atoms with Gasteiger partial charge in [0.25, 0.3) is 11.1 Å². The van der Waals surface area contributed by atoms with Crippen LogP contribution in [0.5, 0.6) is 0 Å². The molecule has 6 nitrogen and oxygen atoms in total. The third kappa shape index (κ3) is 4.62. The van der Waals surface area contributed by atoms with E-state index >= 15 is 0 Å². The first-order chi connectivity index (χ1) is 9.79. The van der Waals surface area contributed by atoms with Crippen molar-refractivity contribution in [2.45, 2.75) is 30.9 Å². The SMILES string of the molecule is NNC(=O)CCCCCSc1nnc(-c2cccs2)o1. The van der Waals surface area contributed by atoms with Gasteiger partial charge in [0.05, 0.1) is 4.88 Å². The molecule has 0 unspecified atom stereocenters. The monoisotopic (exact) mass is 312 g/mol. The molecule has 0 spiro atoms. The molecule has 0 radical (unpaired) electrons. The number of hydrogen-bond acceptors (Lipinski definition) is 7. The van der Waals surface area contributed by atoms with E-state index in [1.54, 1.807) is 23.1 Å². The van der Waals surface area contributed by atoms with E-state index in [0.717, 1.165) is 29.9 Å². The fourth-order valence-electron chi connectivity index (χ4n) is 1.56. The fraction of sp³-hybridized carbons (Fsp3) is 0.417. The Morgan fingerprint density at radius 2 is 2.30 bits per heavy atom. The lowest BCUT2D eigenvalue weighted by Gasteiger charge is -1.99. The summed E-state index contributed by atoms with van der Waals surface area (Å²) < 4.78 is 5.56. The Bertz CT molecular complexity index is 527. The Balaban J connectivity index is 1.64. The predicted octanol–water partition coefficient (Wildman–Crippen LogP) is 2.44. The zero-order valence-electron chi connectivity index (χ0n) is 10.9. The largest absolute Gasteiger partial charge is 0.410 e. The number of hydrogen-bond donors (Lipinski definition) is 2. The average Bonchev–Trinajstić information content (AvgIpc) is 3.12. The molecule has 2 rings (SSSR count). The molecule has 0 aliphatic rings. The first kappa shape index (κ1) is 15.0. The number of carbonyl (C=O) groups is 1. The number of thiophene rings is 1. The molecule has 0 saturated heterocycles. The molecule has 20 heavy (non-hydrogen) atoms. The molecule has 0 fully saturated rings. The van der Waals surface area contributed by atoms with E-state index < -0.39 is 0 Å². The Morgan fingerprint density at radius 3 is 3.05 bits per heavy atom. The Labute approximate surface area is 125 Å². The number of thioether (sulfide) groups is 1. The van der Waals surface area contributed by atoms with E-state index in [0.29, 0.717) is 17.5 Å². The number of nitrogens with two attached hydrogens (primary N) is 1. The molecule has 0 bridgehead atoms. The van der Waals surface area contributed by atoms with Crippen molar-refractivity contribution in [3.05, 3.63) is 17.5 Å². The minimum atomic E-state index is -0.116. The van der Waals surface area contributed by atoms with E-state index in [2.05, 4.69) is 15.6 Å². The topological polar surface area (TPSA) is 94.0 Å². The molecular weight excluding hydrogens is 296 g/mol.